The van der Waals surface area contributed by atoms with E-state index in [1.165, 1.54) is 0 Å². The summed E-state index contributed by atoms with van der Waals surface area (Å²) in [6, 6.07) is 0. The molecule has 0 amide bonds. The summed E-state index contributed by atoms with van der Waals surface area (Å²) >= 11 is 0. The van der Waals surface area contributed by atoms with Gasteiger partial charge in [0.1, 0.15) is 0 Å². The molecule has 0 aliphatic rings. The maximum absolute atomic E-state index is 11.7. The second-order valence-electron chi connectivity index (χ2n) is 3.74. The van der Waals surface area contributed by atoms with Gasteiger partial charge in [0.25, 0.3) is 0 Å². The molecule has 6 heteroatoms. The number of carbonyl (C=O) groups is 1. The molecule has 0 bridgehead atoms. The van der Waals surface area contributed by atoms with Crippen LogP contribution in [0.3, 0.4) is 0 Å². The van der Waals surface area contributed by atoms with E-state index in [0.717, 1.165) is 0 Å². The summed E-state index contributed by atoms with van der Waals surface area (Å²) in [5, 5.41) is -1.68. The van der Waals surface area contributed by atoms with Gasteiger partial charge in [-0.1, -0.05) is 13.8 Å². The lowest BCUT2D eigenvalue weighted by Crippen LogP contribution is -2.40. The largest absolute Gasteiger partial charge is 0.462 e. The van der Waals surface area contributed by atoms with Crippen LogP contribution in [-0.2, 0) is 14.1 Å². The Bertz CT molecular complexity index is 264. The number of carbonyl (C=O) groups excluding carboxylic acids is 1. The molecular formula is C9H19O5P. The normalized spacial score (nSPS) is 13.0. The molecule has 0 spiro atoms. The summed E-state index contributed by atoms with van der Waals surface area (Å²) in [7, 11) is -4.49. The Morgan fingerprint density at radius 1 is 1.33 bits per heavy atom. The van der Waals surface area contributed by atoms with Crippen molar-refractivity contribution < 1.29 is 23.9 Å². The van der Waals surface area contributed by atoms with E-state index in [1.54, 1.807) is 27.7 Å². The third-order valence-electron chi connectivity index (χ3n) is 2.45. The monoisotopic (exact) mass is 238 g/mol. The van der Waals surface area contributed by atoms with E-state index in [9.17, 15) is 19.1 Å². The summed E-state index contributed by atoms with van der Waals surface area (Å²) < 4.78 is 16.2. The summed E-state index contributed by atoms with van der Waals surface area (Å²) in [5.74, 6) is -0.809. The van der Waals surface area contributed by atoms with E-state index >= 15 is 0 Å². The van der Waals surface area contributed by atoms with Gasteiger partial charge in [-0.05, 0) is 26.7 Å². The van der Waals surface area contributed by atoms with Crippen molar-refractivity contribution in [2.45, 2.75) is 51.8 Å². The second kappa shape index (κ2) is 5.10. The lowest BCUT2D eigenvalue weighted by atomic mass is 10.0. The molecule has 0 fully saturated rings. The van der Waals surface area contributed by atoms with Gasteiger partial charge in [0.15, 0.2) is 5.16 Å². The lowest BCUT2D eigenvalue weighted by molar-refractivity contribution is -0.151. The molecule has 0 unspecified atom stereocenters. The summed E-state index contributed by atoms with van der Waals surface area (Å²) in [6.45, 7) is 6.44. The average molecular weight is 238 g/mol. The van der Waals surface area contributed by atoms with E-state index < -0.39 is 18.7 Å². The number of rotatable bonds is 5. The number of hydrogen-bond donors (Lipinski definition) is 2. The minimum absolute atomic E-state index is 0.0688. The van der Waals surface area contributed by atoms with Crippen molar-refractivity contribution in [3.8, 4) is 0 Å². The Kier molecular flexibility index (Phi) is 4.97. The van der Waals surface area contributed by atoms with Crippen LogP contribution in [-0.4, -0.2) is 27.0 Å². The predicted octanol–water partition coefficient (Wildman–Crippen LogP) is 1.67. The fourth-order valence-electron chi connectivity index (χ4n) is 1.39. The molecule has 5 nitrogen and oxygen atoms in total. The van der Waals surface area contributed by atoms with Crippen molar-refractivity contribution in [1.29, 1.82) is 0 Å². The van der Waals surface area contributed by atoms with Crippen LogP contribution < -0.4 is 0 Å². The van der Waals surface area contributed by atoms with E-state index in [1.807, 2.05) is 0 Å². The van der Waals surface area contributed by atoms with Crippen molar-refractivity contribution >= 4 is 13.6 Å². The molecule has 0 aromatic rings. The Labute approximate surface area is 90.0 Å². The Balaban J connectivity index is 5.12. The first-order valence-electron chi connectivity index (χ1n) is 4.98. The van der Waals surface area contributed by atoms with Gasteiger partial charge in [-0.3, -0.25) is 9.36 Å². The van der Waals surface area contributed by atoms with Gasteiger partial charge >= 0.3 is 13.6 Å². The first-order chi connectivity index (χ1) is 6.71. The van der Waals surface area contributed by atoms with Crippen LogP contribution in [0, 0.1) is 0 Å². The molecule has 0 atom stereocenters. The van der Waals surface area contributed by atoms with Gasteiger partial charge in [-0.15, -0.1) is 0 Å². The summed E-state index contributed by atoms with van der Waals surface area (Å²) in [5.41, 5.74) is 0. The van der Waals surface area contributed by atoms with Crippen molar-refractivity contribution in [3.63, 3.8) is 0 Å². The molecule has 90 valence electrons. The highest BCUT2D eigenvalue weighted by Gasteiger charge is 2.52. The standard InChI is InChI=1S/C9H19O5P/c1-5-9(6-2,15(11,12)13)8(10)14-7(3)4/h7H,5-6H2,1-4H3,(H2,11,12,13). The van der Waals surface area contributed by atoms with Crippen LogP contribution in [0.25, 0.3) is 0 Å². The van der Waals surface area contributed by atoms with E-state index in [0.29, 0.717) is 0 Å². The molecule has 0 aliphatic carbocycles. The molecule has 0 aliphatic heterocycles. The maximum Gasteiger partial charge on any atom is 0.342 e. The quantitative estimate of drug-likeness (QED) is 0.562. The minimum Gasteiger partial charge on any atom is -0.462 e. The fourth-order valence-corrected chi connectivity index (χ4v) is 2.51. The molecule has 0 saturated heterocycles. The van der Waals surface area contributed by atoms with E-state index in [2.05, 4.69) is 0 Å². The molecule has 0 saturated carbocycles. The number of ether oxygens (including phenoxy) is 1. The lowest BCUT2D eigenvalue weighted by Gasteiger charge is -2.30. The van der Waals surface area contributed by atoms with Crippen molar-refractivity contribution in [2.75, 3.05) is 0 Å². The fraction of sp³-hybridized carbons (Fsp3) is 0.889. The van der Waals surface area contributed by atoms with Gasteiger partial charge in [-0.2, -0.15) is 0 Å². The zero-order valence-electron chi connectivity index (χ0n) is 9.56. The second-order valence-corrected chi connectivity index (χ2v) is 5.68. The zero-order valence-corrected chi connectivity index (χ0v) is 10.5. The molecule has 0 radical (unpaired) electrons. The molecule has 0 aromatic carbocycles. The van der Waals surface area contributed by atoms with Crippen LogP contribution >= 0.6 is 7.60 Å². The molecule has 15 heavy (non-hydrogen) atoms. The third-order valence-corrected chi connectivity index (χ3v) is 4.38. The third kappa shape index (κ3) is 3.03. The molecule has 0 heterocycles. The van der Waals surface area contributed by atoms with Gasteiger partial charge in [0.05, 0.1) is 6.10 Å². The average Bonchev–Trinajstić information content (AvgIpc) is 2.02. The first-order valence-corrected chi connectivity index (χ1v) is 6.59. The van der Waals surface area contributed by atoms with Gasteiger partial charge in [-0.25, -0.2) is 0 Å². The van der Waals surface area contributed by atoms with Crippen LogP contribution in [0.1, 0.15) is 40.5 Å². The molecule has 0 aromatic heterocycles. The Morgan fingerprint density at radius 3 is 1.93 bits per heavy atom. The highest BCUT2D eigenvalue weighted by molar-refractivity contribution is 7.54. The summed E-state index contributed by atoms with van der Waals surface area (Å²) in [4.78, 5) is 30.1. The SMILES string of the molecule is CCC(CC)(C(=O)OC(C)C)P(=O)(O)O. The Hall–Kier alpha value is -0.380. The summed E-state index contributed by atoms with van der Waals surface area (Å²) in [6.07, 6.45) is -0.236. The topological polar surface area (TPSA) is 83.8 Å². The first kappa shape index (κ1) is 14.6. The van der Waals surface area contributed by atoms with Crippen LogP contribution in [0.4, 0.5) is 0 Å². The van der Waals surface area contributed by atoms with Crippen molar-refractivity contribution in [3.05, 3.63) is 0 Å². The zero-order chi connectivity index (χ0) is 12.3. The number of hydrogen-bond acceptors (Lipinski definition) is 3. The minimum atomic E-state index is -4.49. The van der Waals surface area contributed by atoms with Crippen molar-refractivity contribution in [1.82, 2.24) is 0 Å². The molecular weight excluding hydrogens is 219 g/mol. The van der Waals surface area contributed by atoms with Gasteiger partial charge < -0.3 is 14.5 Å². The van der Waals surface area contributed by atoms with Gasteiger partial charge in [0.2, 0.25) is 0 Å². The predicted molar refractivity (Wildman–Crippen MR) is 56.6 cm³/mol. The number of esters is 1. The molecule has 0 rings (SSSR count). The smallest absolute Gasteiger partial charge is 0.342 e. The van der Waals surface area contributed by atoms with Crippen molar-refractivity contribution in [2.24, 2.45) is 0 Å². The van der Waals surface area contributed by atoms with Crippen LogP contribution in [0.2, 0.25) is 0 Å². The van der Waals surface area contributed by atoms with E-state index in [4.69, 9.17) is 4.74 Å². The van der Waals surface area contributed by atoms with Gasteiger partial charge in [0, 0.05) is 0 Å². The Morgan fingerprint density at radius 2 is 1.73 bits per heavy atom. The molecule has 2 N–H and O–H groups in total. The highest BCUT2D eigenvalue weighted by atomic mass is 31.2. The van der Waals surface area contributed by atoms with Crippen LogP contribution in [0.5, 0.6) is 0 Å². The maximum atomic E-state index is 11.7. The van der Waals surface area contributed by atoms with E-state index in [-0.39, 0.29) is 18.9 Å². The van der Waals surface area contributed by atoms with Crippen LogP contribution in [0.15, 0.2) is 0 Å². The highest BCUT2D eigenvalue weighted by Crippen LogP contribution is 2.55.